The molecule has 0 unspecified atom stereocenters. The molecule has 11 nitrogen and oxygen atoms in total. The molecule has 0 fully saturated rings. The molecule has 4 rings (SSSR count). The van der Waals surface area contributed by atoms with Crippen LogP contribution < -0.4 is 29.6 Å². The van der Waals surface area contributed by atoms with Crippen molar-refractivity contribution in [1.29, 1.82) is 0 Å². The van der Waals surface area contributed by atoms with E-state index in [1.54, 1.807) is 24.3 Å². The first-order valence-corrected chi connectivity index (χ1v) is 9.39. The molecule has 0 amide bonds. The van der Waals surface area contributed by atoms with Gasteiger partial charge in [-0.1, -0.05) is 0 Å². The van der Waals surface area contributed by atoms with Crippen LogP contribution in [0.25, 0.3) is 0 Å². The predicted octanol–water partition coefficient (Wildman–Crippen LogP) is -1.85. The molecule has 2 aliphatic rings. The molecular weight excluding hydrogens is 447 g/mol. The first-order chi connectivity index (χ1) is 14.0. The van der Waals surface area contributed by atoms with E-state index in [0.29, 0.717) is 11.1 Å². The predicted molar refractivity (Wildman–Crippen MR) is 96.0 cm³/mol. The fourth-order valence-electron chi connectivity index (χ4n) is 2.26. The number of esters is 2. The molecule has 0 spiro atoms. The summed E-state index contributed by atoms with van der Waals surface area (Å²) >= 11 is 0. The summed E-state index contributed by atoms with van der Waals surface area (Å²) in [5, 5.41) is 17.3. The van der Waals surface area contributed by atoms with Crippen LogP contribution in [0.4, 0.5) is 0 Å². The second kappa shape index (κ2) is 11.0. The summed E-state index contributed by atoms with van der Waals surface area (Å²) in [6.45, 7) is 0.200. The van der Waals surface area contributed by atoms with E-state index < -0.39 is 50.0 Å². The third kappa shape index (κ3) is 6.87. The van der Waals surface area contributed by atoms with Crippen molar-refractivity contribution in [2.45, 2.75) is 4.90 Å². The van der Waals surface area contributed by atoms with E-state index in [9.17, 15) is 27.6 Å². The molecule has 13 heteroatoms. The zero-order chi connectivity index (χ0) is 22.5. The summed E-state index contributed by atoms with van der Waals surface area (Å²) in [6, 6.07) is 9.87. The van der Waals surface area contributed by atoms with Gasteiger partial charge in [-0.05, 0) is 35.4 Å². The Morgan fingerprint density at radius 3 is 1.48 bits per heavy atom. The van der Waals surface area contributed by atoms with Gasteiger partial charge in [-0.2, -0.15) is 26.6 Å². The van der Waals surface area contributed by atoms with E-state index in [4.69, 9.17) is 24.2 Å². The van der Waals surface area contributed by atoms with E-state index in [1.807, 2.05) is 0 Å². The molecule has 0 saturated carbocycles. The minimum Gasteiger partial charge on any atom is -0.487 e. The summed E-state index contributed by atoms with van der Waals surface area (Å²) in [6.07, 6.45) is 0. The number of hydrogen-bond acceptors (Lipinski definition) is 8. The first-order valence-electron chi connectivity index (χ1n) is 7.95. The number of hydrogen-bond donors (Lipinski definition) is 3. The zero-order valence-electron chi connectivity index (χ0n) is 15.9. The Labute approximate surface area is 197 Å². The molecule has 2 bridgehead atoms. The van der Waals surface area contributed by atoms with E-state index >= 15 is 0 Å². The van der Waals surface area contributed by atoms with Gasteiger partial charge >= 0.3 is 41.5 Å². The average Bonchev–Trinajstić information content (AvgIpc) is 2.70. The van der Waals surface area contributed by atoms with Gasteiger partial charge < -0.3 is 19.7 Å². The van der Waals surface area contributed by atoms with Crippen molar-refractivity contribution >= 4 is 34.0 Å². The molecule has 0 aliphatic carbocycles. The van der Waals surface area contributed by atoms with Gasteiger partial charge in [0.1, 0.15) is 13.2 Å². The van der Waals surface area contributed by atoms with E-state index in [1.165, 1.54) is 0 Å². The number of fused-ring (bicyclic) bond motifs is 7. The van der Waals surface area contributed by atoms with Crippen molar-refractivity contribution < 1.29 is 81.4 Å². The zero-order valence-corrected chi connectivity index (χ0v) is 18.7. The number of carbonyl (C=O) groups is 4. The molecule has 2 aliphatic heterocycles. The quantitative estimate of drug-likeness (QED) is 0.202. The maximum absolute atomic E-state index is 11.3. The fourth-order valence-corrected chi connectivity index (χ4v) is 3.11. The van der Waals surface area contributed by atoms with Gasteiger partial charge in [0.05, 0.1) is 11.1 Å². The molecule has 31 heavy (non-hydrogen) atoms. The normalized spacial score (nSPS) is 12.9. The summed E-state index contributed by atoms with van der Waals surface area (Å²) in [5.74, 6) is -4.14. The number of carboxylic acids is 2. The molecule has 0 saturated heterocycles. The Morgan fingerprint density at radius 1 is 0.839 bits per heavy atom. The van der Waals surface area contributed by atoms with Crippen LogP contribution in [0, 0.1) is 6.07 Å². The standard InChI is InChI=1S/C10H8O4.C8H5O7S.Na/c11-9-7-1-2-8(4-3-7)10(12)14-6-5-13-9;9-7(10)4-2-1-3-5(8(11)12)6(4)16(13,14)15;/h1-4H,5-6H2;2-3H,(H,9,10)(H,11,12)(H,13,14,15);/q;-1;+1. The van der Waals surface area contributed by atoms with Crippen molar-refractivity contribution in [3.8, 4) is 0 Å². The topological polar surface area (TPSA) is 182 Å². The second-order valence-electron chi connectivity index (χ2n) is 5.55. The Bertz CT molecular complexity index is 1040. The van der Waals surface area contributed by atoms with Gasteiger partial charge in [-0.15, -0.1) is 0 Å². The number of ether oxygens (including phenoxy) is 2. The largest absolute Gasteiger partial charge is 1.00 e. The van der Waals surface area contributed by atoms with Gasteiger partial charge in [0.15, 0.2) is 0 Å². The molecule has 2 aromatic rings. The van der Waals surface area contributed by atoms with Gasteiger partial charge in [0, 0.05) is 4.90 Å². The van der Waals surface area contributed by atoms with Gasteiger partial charge in [0.25, 0.3) is 22.1 Å². The molecule has 158 valence electrons. The summed E-state index contributed by atoms with van der Waals surface area (Å²) < 4.78 is 40.2. The second-order valence-corrected chi connectivity index (χ2v) is 6.90. The van der Waals surface area contributed by atoms with Crippen molar-refractivity contribution in [3.05, 3.63) is 64.7 Å². The van der Waals surface area contributed by atoms with Crippen molar-refractivity contribution in [2.24, 2.45) is 0 Å². The van der Waals surface area contributed by atoms with Crippen LogP contribution in [0.1, 0.15) is 41.4 Å². The fraction of sp³-hybridized carbons (Fsp3) is 0.111. The molecule has 0 aromatic heterocycles. The average molecular weight is 460 g/mol. The number of benzene rings is 2. The van der Waals surface area contributed by atoms with E-state index in [-0.39, 0.29) is 42.8 Å². The Morgan fingerprint density at radius 2 is 1.19 bits per heavy atom. The summed E-state index contributed by atoms with van der Waals surface area (Å²) in [4.78, 5) is 42.7. The minimum atomic E-state index is -4.94. The third-order valence-corrected chi connectivity index (χ3v) is 4.53. The Kier molecular flexibility index (Phi) is 9.34. The number of carboxylic acid groups (broad SMARTS) is 2. The molecule has 3 N–H and O–H groups in total. The maximum atomic E-state index is 11.3. The van der Waals surface area contributed by atoms with Crippen LogP contribution in [0.15, 0.2) is 41.3 Å². The van der Waals surface area contributed by atoms with Gasteiger partial charge in [-0.25, -0.2) is 9.59 Å². The molecule has 2 aromatic carbocycles. The SMILES string of the molecule is O=C(O)c1c[c-]cc(C(=O)O)c1S(=O)(=O)O.O=C1OCCOC(=O)c2ccc1cc2.[Na+]. The van der Waals surface area contributed by atoms with Crippen LogP contribution in [0.2, 0.25) is 0 Å². The van der Waals surface area contributed by atoms with Crippen LogP contribution in [-0.4, -0.2) is 60.3 Å². The molecule has 2 heterocycles. The maximum Gasteiger partial charge on any atom is 1.00 e. The molecule has 0 radical (unpaired) electrons. The minimum absolute atomic E-state index is 0. The van der Waals surface area contributed by atoms with Crippen molar-refractivity contribution in [3.63, 3.8) is 0 Å². The van der Waals surface area contributed by atoms with Gasteiger partial charge in [-0.3, -0.25) is 14.1 Å². The molecular formula is C18H13NaO11S. The number of carbonyl (C=O) groups excluding carboxylic acids is 2. The third-order valence-electron chi connectivity index (χ3n) is 3.57. The summed E-state index contributed by atoms with van der Waals surface area (Å²) in [7, 11) is -4.94. The van der Waals surface area contributed by atoms with Crippen LogP contribution in [0.3, 0.4) is 0 Å². The van der Waals surface area contributed by atoms with E-state index in [0.717, 1.165) is 12.1 Å². The Hall–Kier alpha value is -2.77. The van der Waals surface area contributed by atoms with Crippen LogP contribution >= 0.6 is 0 Å². The van der Waals surface area contributed by atoms with Crippen molar-refractivity contribution in [1.82, 2.24) is 0 Å². The number of rotatable bonds is 3. The Balaban J connectivity index is 0.000000302. The number of aromatic carboxylic acids is 2. The van der Waals surface area contributed by atoms with Crippen LogP contribution in [0.5, 0.6) is 0 Å². The monoisotopic (exact) mass is 460 g/mol. The summed E-state index contributed by atoms with van der Waals surface area (Å²) in [5.41, 5.74) is -0.795. The van der Waals surface area contributed by atoms with Crippen LogP contribution in [-0.2, 0) is 19.6 Å². The molecule has 0 atom stereocenters. The van der Waals surface area contributed by atoms with Gasteiger partial charge in [0.2, 0.25) is 0 Å². The first kappa shape index (κ1) is 26.3. The van der Waals surface area contributed by atoms with Crippen molar-refractivity contribution in [2.75, 3.05) is 13.2 Å². The smallest absolute Gasteiger partial charge is 0.487 e. The van der Waals surface area contributed by atoms with E-state index in [2.05, 4.69) is 6.07 Å².